The normalized spacial score (nSPS) is 10.9. The summed E-state index contributed by atoms with van der Waals surface area (Å²) in [5, 5.41) is 12.0. The Labute approximate surface area is 158 Å². The highest BCUT2D eigenvalue weighted by atomic mass is 15.3. The van der Waals surface area contributed by atoms with Gasteiger partial charge in [0, 0.05) is 19.3 Å². The third-order valence-electron chi connectivity index (χ3n) is 4.56. The maximum absolute atomic E-state index is 4.70. The predicted molar refractivity (Wildman–Crippen MR) is 109 cm³/mol. The van der Waals surface area contributed by atoms with Gasteiger partial charge in [0.1, 0.15) is 5.82 Å². The van der Waals surface area contributed by atoms with Gasteiger partial charge in [-0.3, -0.25) is 4.68 Å². The first kappa shape index (κ1) is 17.0. The van der Waals surface area contributed by atoms with Crippen molar-refractivity contribution in [3.8, 4) is 0 Å². The first-order chi connectivity index (χ1) is 13.1. The van der Waals surface area contributed by atoms with Crippen molar-refractivity contribution in [2.75, 3.05) is 10.6 Å². The molecule has 0 bridgehead atoms. The summed E-state index contributed by atoms with van der Waals surface area (Å²) >= 11 is 0. The minimum atomic E-state index is 0.572. The molecule has 2 aromatic heterocycles. The summed E-state index contributed by atoms with van der Waals surface area (Å²) in [6.07, 6.45) is 1.79. The number of anilines is 3. The number of aromatic nitrogens is 4. The average Bonchev–Trinajstić information content (AvgIpc) is 3.04. The van der Waals surface area contributed by atoms with Crippen LogP contribution in [0.5, 0.6) is 0 Å². The number of hydrogen-bond acceptors (Lipinski definition) is 5. The Bertz CT molecular complexity index is 1080. The molecule has 4 rings (SSSR count). The van der Waals surface area contributed by atoms with Gasteiger partial charge in [0.25, 0.3) is 0 Å². The summed E-state index contributed by atoms with van der Waals surface area (Å²) < 4.78 is 1.76. The zero-order chi connectivity index (χ0) is 18.8. The highest BCUT2D eigenvalue weighted by molar-refractivity contribution is 5.89. The van der Waals surface area contributed by atoms with Gasteiger partial charge in [-0.15, -0.1) is 0 Å². The van der Waals surface area contributed by atoms with E-state index in [1.807, 2.05) is 25.2 Å². The summed E-state index contributed by atoms with van der Waals surface area (Å²) in [5.41, 5.74) is 5.39. The molecule has 2 aromatic carbocycles. The van der Waals surface area contributed by atoms with Crippen LogP contribution in [0.1, 0.15) is 16.7 Å². The first-order valence-electron chi connectivity index (χ1n) is 8.92. The lowest BCUT2D eigenvalue weighted by Gasteiger charge is -2.12. The number of hydrogen-bond donors (Lipinski definition) is 2. The molecule has 0 aliphatic heterocycles. The molecule has 0 saturated heterocycles. The molecule has 4 aromatic rings. The largest absolute Gasteiger partial charge is 0.350 e. The van der Waals surface area contributed by atoms with Crippen LogP contribution in [-0.2, 0) is 13.6 Å². The van der Waals surface area contributed by atoms with E-state index in [0.717, 1.165) is 28.1 Å². The van der Waals surface area contributed by atoms with E-state index in [1.165, 1.54) is 11.1 Å². The maximum Gasteiger partial charge on any atom is 0.227 e. The third kappa shape index (κ3) is 3.60. The van der Waals surface area contributed by atoms with E-state index in [-0.39, 0.29) is 0 Å². The molecule has 6 heteroatoms. The number of fused-ring (bicyclic) bond motifs is 1. The Kier molecular flexibility index (Phi) is 4.46. The fraction of sp³-hybridized carbons (Fsp3) is 0.190. The molecule has 0 amide bonds. The molecule has 0 saturated carbocycles. The lowest BCUT2D eigenvalue weighted by Crippen LogP contribution is -2.07. The number of benzene rings is 2. The van der Waals surface area contributed by atoms with Crippen LogP contribution in [-0.4, -0.2) is 19.7 Å². The molecule has 27 heavy (non-hydrogen) atoms. The van der Waals surface area contributed by atoms with Crippen LogP contribution in [0.15, 0.2) is 54.7 Å². The van der Waals surface area contributed by atoms with Gasteiger partial charge >= 0.3 is 0 Å². The van der Waals surface area contributed by atoms with Gasteiger partial charge in [-0.05, 0) is 31.0 Å². The predicted octanol–water partition coefficient (Wildman–Crippen LogP) is 4.34. The number of rotatable bonds is 5. The van der Waals surface area contributed by atoms with Crippen molar-refractivity contribution < 1.29 is 0 Å². The van der Waals surface area contributed by atoms with Crippen LogP contribution in [0, 0.1) is 13.8 Å². The molecule has 0 radical (unpaired) electrons. The number of nitrogens with one attached hydrogen (secondary N) is 2. The quantitative estimate of drug-likeness (QED) is 0.556. The topological polar surface area (TPSA) is 67.7 Å². The van der Waals surface area contributed by atoms with E-state index >= 15 is 0 Å². The molecule has 136 valence electrons. The summed E-state index contributed by atoms with van der Waals surface area (Å²) in [4.78, 5) is 9.33. The van der Waals surface area contributed by atoms with Gasteiger partial charge < -0.3 is 10.6 Å². The van der Waals surface area contributed by atoms with Crippen LogP contribution in [0.3, 0.4) is 0 Å². The summed E-state index contributed by atoms with van der Waals surface area (Å²) in [6.45, 7) is 4.81. The standard InChI is InChI=1S/C21H22N6/c1-14-8-10-16(11-9-14)12-22-21-25-19(17-13-23-27(3)20(17)26-21)24-18-7-5-4-6-15(18)2/h4-11,13H,12H2,1-3H3,(H2,22,24,25,26). The Morgan fingerprint density at radius 3 is 2.52 bits per heavy atom. The number of aryl methyl sites for hydroxylation is 3. The molecular weight excluding hydrogens is 336 g/mol. The molecule has 0 aliphatic rings. The molecule has 0 atom stereocenters. The Balaban J connectivity index is 1.66. The lowest BCUT2D eigenvalue weighted by molar-refractivity contribution is 0.785. The second-order valence-electron chi connectivity index (χ2n) is 6.68. The average molecular weight is 358 g/mol. The molecule has 0 fully saturated rings. The third-order valence-corrected chi connectivity index (χ3v) is 4.56. The zero-order valence-electron chi connectivity index (χ0n) is 15.7. The second-order valence-corrected chi connectivity index (χ2v) is 6.68. The highest BCUT2D eigenvalue weighted by Gasteiger charge is 2.12. The number of nitrogens with zero attached hydrogens (tertiary/aromatic N) is 4. The van der Waals surface area contributed by atoms with Crippen molar-refractivity contribution in [1.29, 1.82) is 0 Å². The van der Waals surface area contributed by atoms with E-state index in [1.54, 1.807) is 10.9 Å². The summed E-state index contributed by atoms with van der Waals surface area (Å²) in [7, 11) is 1.89. The fourth-order valence-corrected chi connectivity index (χ4v) is 2.92. The van der Waals surface area contributed by atoms with Crippen molar-refractivity contribution in [2.24, 2.45) is 7.05 Å². The van der Waals surface area contributed by atoms with Crippen molar-refractivity contribution in [3.05, 3.63) is 71.4 Å². The molecule has 0 spiro atoms. The van der Waals surface area contributed by atoms with Crippen LogP contribution in [0.25, 0.3) is 11.0 Å². The maximum atomic E-state index is 4.70. The SMILES string of the molecule is Cc1ccc(CNc2nc(Nc3ccccc3C)c3cnn(C)c3n2)cc1. The van der Waals surface area contributed by atoms with E-state index in [0.29, 0.717) is 12.5 Å². The van der Waals surface area contributed by atoms with E-state index < -0.39 is 0 Å². The zero-order valence-corrected chi connectivity index (χ0v) is 15.7. The Morgan fingerprint density at radius 2 is 1.74 bits per heavy atom. The van der Waals surface area contributed by atoms with E-state index in [9.17, 15) is 0 Å². The molecule has 2 N–H and O–H groups in total. The van der Waals surface area contributed by atoms with Gasteiger partial charge in [-0.2, -0.15) is 15.1 Å². The smallest absolute Gasteiger partial charge is 0.227 e. The van der Waals surface area contributed by atoms with Crippen LogP contribution >= 0.6 is 0 Å². The van der Waals surface area contributed by atoms with Crippen molar-refractivity contribution in [1.82, 2.24) is 19.7 Å². The molecular formula is C21H22N6. The minimum Gasteiger partial charge on any atom is -0.350 e. The Hall–Kier alpha value is -3.41. The minimum absolute atomic E-state index is 0.572. The lowest BCUT2D eigenvalue weighted by atomic mass is 10.1. The molecule has 2 heterocycles. The van der Waals surface area contributed by atoms with Crippen LogP contribution in [0.2, 0.25) is 0 Å². The van der Waals surface area contributed by atoms with E-state index in [4.69, 9.17) is 4.98 Å². The first-order valence-corrected chi connectivity index (χ1v) is 8.92. The van der Waals surface area contributed by atoms with Gasteiger partial charge in [0.2, 0.25) is 5.95 Å². The second kappa shape index (κ2) is 7.07. The van der Waals surface area contributed by atoms with Crippen molar-refractivity contribution in [3.63, 3.8) is 0 Å². The summed E-state index contributed by atoms with van der Waals surface area (Å²) in [6, 6.07) is 16.6. The van der Waals surface area contributed by atoms with Crippen molar-refractivity contribution in [2.45, 2.75) is 20.4 Å². The fourth-order valence-electron chi connectivity index (χ4n) is 2.92. The van der Waals surface area contributed by atoms with Crippen LogP contribution in [0.4, 0.5) is 17.5 Å². The van der Waals surface area contributed by atoms with Gasteiger partial charge in [0.05, 0.1) is 11.6 Å². The van der Waals surface area contributed by atoms with Gasteiger partial charge in [-0.1, -0.05) is 48.0 Å². The molecule has 0 aliphatic carbocycles. The summed E-state index contributed by atoms with van der Waals surface area (Å²) in [5.74, 6) is 1.32. The highest BCUT2D eigenvalue weighted by Crippen LogP contribution is 2.26. The van der Waals surface area contributed by atoms with Crippen molar-refractivity contribution >= 4 is 28.5 Å². The van der Waals surface area contributed by atoms with Crippen LogP contribution < -0.4 is 10.6 Å². The van der Waals surface area contributed by atoms with Gasteiger partial charge in [0.15, 0.2) is 5.65 Å². The van der Waals surface area contributed by atoms with E-state index in [2.05, 4.69) is 64.9 Å². The molecule has 0 unspecified atom stereocenters. The number of para-hydroxylation sites is 1. The molecule has 6 nitrogen and oxygen atoms in total. The monoisotopic (exact) mass is 358 g/mol. The Morgan fingerprint density at radius 1 is 0.963 bits per heavy atom. The van der Waals surface area contributed by atoms with Gasteiger partial charge in [-0.25, -0.2) is 0 Å².